The number of unbranched alkanes of at least 4 members (excludes halogenated alkanes) is 2. The van der Waals surface area contributed by atoms with E-state index in [4.69, 9.17) is 9.84 Å². The molecule has 0 bridgehead atoms. The number of ether oxygens (including phenoxy) is 1. The van der Waals surface area contributed by atoms with E-state index in [9.17, 15) is 0 Å². The average molecular weight is 252 g/mol. The highest BCUT2D eigenvalue weighted by Crippen LogP contribution is 2.12. The van der Waals surface area contributed by atoms with E-state index in [1.54, 1.807) is 0 Å². The largest absolute Gasteiger partial charge is 0.494 e. The molecule has 0 aliphatic carbocycles. The van der Waals surface area contributed by atoms with E-state index in [1.165, 1.54) is 18.4 Å². The fourth-order valence-corrected chi connectivity index (χ4v) is 1.81. The Morgan fingerprint density at radius 1 is 1.06 bits per heavy atom. The van der Waals surface area contributed by atoms with Crippen molar-refractivity contribution >= 4 is 0 Å². The molecule has 0 radical (unpaired) electrons. The average Bonchev–Trinajstić information content (AvgIpc) is 2.42. The number of hydrogen-bond acceptors (Lipinski definition) is 2. The molecule has 1 aromatic rings. The molecule has 0 spiro atoms. The van der Waals surface area contributed by atoms with Gasteiger partial charge in [0.25, 0.3) is 0 Å². The maximum absolute atomic E-state index is 8.62. The Kier molecular flexibility index (Phi) is 8.26. The first-order valence-electron chi connectivity index (χ1n) is 7.01. The molecule has 0 heterocycles. The predicted octanol–water partition coefficient (Wildman–Crippen LogP) is 1.35. The number of hydrogen-bond donors (Lipinski definition) is 2. The Balaban J connectivity index is 2.00. The minimum Gasteiger partial charge on any atom is -0.494 e. The molecule has 1 rings (SSSR count). The van der Waals surface area contributed by atoms with Crippen LogP contribution in [0.1, 0.15) is 31.7 Å². The van der Waals surface area contributed by atoms with Gasteiger partial charge >= 0.3 is 0 Å². The highest BCUT2D eigenvalue weighted by Gasteiger charge is 1.95. The van der Waals surface area contributed by atoms with Gasteiger partial charge in [-0.05, 0) is 43.4 Å². The van der Waals surface area contributed by atoms with Crippen LogP contribution >= 0.6 is 0 Å². The SMILES string of the molecule is CCc1ccc(OCCCCC[NH2+]CCO)cc1. The molecule has 0 atom stereocenters. The molecular weight excluding hydrogens is 226 g/mol. The maximum Gasteiger partial charge on any atom is 0.119 e. The topological polar surface area (TPSA) is 46.1 Å². The van der Waals surface area contributed by atoms with E-state index in [-0.39, 0.29) is 6.61 Å². The van der Waals surface area contributed by atoms with Crippen molar-refractivity contribution in [1.82, 2.24) is 0 Å². The summed E-state index contributed by atoms with van der Waals surface area (Å²) >= 11 is 0. The van der Waals surface area contributed by atoms with Gasteiger partial charge in [0.05, 0.1) is 26.3 Å². The number of benzene rings is 1. The van der Waals surface area contributed by atoms with Gasteiger partial charge in [0.1, 0.15) is 5.75 Å². The van der Waals surface area contributed by atoms with Gasteiger partial charge in [-0.15, -0.1) is 0 Å². The van der Waals surface area contributed by atoms with Crippen LogP contribution in [0.5, 0.6) is 5.75 Å². The van der Waals surface area contributed by atoms with Gasteiger partial charge < -0.3 is 15.2 Å². The monoisotopic (exact) mass is 252 g/mol. The van der Waals surface area contributed by atoms with Crippen LogP contribution in [0.2, 0.25) is 0 Å². The molecule has 18 heavy (non-hydrogen) atoms. The zero-order chi connectivity index (χ0) is 13.1. The molecule has 0 unspecified atom stereocenters. The Morgan fingerprint density at radius 3 is 2.50 bits per heavy atom. The van der Waals surface area contributed by atoms with Crippen LogP contribution in [0, 0.1) is 0 Å². The predicted molar refractivity (Wildman–Crippen MR) is 73.9 cm³/mol. The lowest BCUT2D eigenvalue weighted by atomic mass is 10.2. The normalized spacial score (nSPS) is 10.6. The van der Waals surface area contributed by atoms with Crippen molar-refractivity contribution < 1.29 is 15.2 Å². The molecule has 0 amide bonds. The molecule has 0 fully saturated rings. The van der Waals surface area contributed by atoms with Gasteiger partial charge in [-0.3, -0.25) is 0 Å². The summed E-state index contributed by atoms with van der Waals surface area (Å²) in [5.41, 5.74) is 1.35. The highest BCUT2D eigenvalue weighted by molar-refractivity contribution is 5.27. The van der Waals surface area contributed by atoms with Crippen molar-refractivity contribution in [2.24, 2.45) is 0 Å². The third-order valence-electron chi connectivity index (χ3n) is 2.99. The summed E-state index contributed by atoms with van der Waals surface area (Å²) in [4.78, 5) is 0. The summed E-state index contributed by atoms with van der Waals surface area (Å²) < 4.78 is 5.68. The second kappa shape index (κ2) is 9.92. The summed E-state index contributed by atoms with van der Waals surface area (Å²) in [6.45, 7) is 5.15. The highest BCUT2D eigenvalue weighted by atomic mass is 16.5. The number of aliphatic hydroxyl groups is 1. The van der Waals surface area contributed by atoms with E-state index < -0.39 is 0 Å². The second-order valence-corrected chi connectivity index (χ2v) is 4.50. The van der Waals surface area contributed by atoms with E-state index in [0.717, 1.165) is 38.3 Å². The Hall–Kier alpha value is -1.06. The van der Waals surface area contributed by atoms with Crippen LogP contribution < -0.4 is 10.1 Å². The van der Waals surface area contributed by atoms with Crippen molar-refractivity contribution in [3.8, 4) is 5.75 Å². The van der Waals surface area contributed by atoms with Crippen LogP contribution in [0.4, 0.5) is 0 Å². The fourth-order valence-electron chi connectivity index (χ4n) is 1.81. The van der Waals surface area contributed by atoms with E-state index in [2.05, 4.69) is 24.4 Å². The zero-order valence-corrected chi connectivity index (χ0v) is 11.4. The Labute approximate surface area is 110 Å². The summed E-state index contributed by atoms with van der Waals surface area (Å²) in [6.07, 6.45) is 4.56. The number of aryl methyl sites for hydroxylation is 1. The van der Waals surface area contributed by atoms with Crippen LogP contribution in [-0.2, 0) is 6.42 Å². The number of nitrogens with two attached hydrogens (primary N) is 1. The van der Waals surface area contributed by atoms with Gasteiger partial charge in [0.2, 0.25) is 0 Å². The minimum atomic E-state index is 0.275. The Morgan fingerprint density at radius 2 is 1.83 bits per heavy atom. The molecule has 3 N–H and O–H groups in total. The van der Waals surface area contributed by atoms with E-state index in [0.29, 0.717) is 0 Å². The van der Waals surface area contributed by atoms with Gasteiger partial charge in [-0.25, -0.2) is 0 Å². The smallest absolute Gasteiger partial charge is 0.119 e. The molecule has 1 aromatic carbocycles. The van der Waals surface area contributed by atoms with Crippen LogP contribution in [0.15, 0.2) is 24.3 Å². The second-order valence-electron chi connectivity index (χ2n) is 4.50. The van der Waals surface area contributed by atoms with E-state index >= 15 is 0 Å². The molecule has 0 aliphatic rings. The molecule has 3 nitrogen and oxygen atoms in total. The summed E-state index contributed by atoms with van der Waals surface area (Å²) in [6, 6.07) is 8.35. The lowest BCUT2D eigenvalue weighted by Crippen LogP contribution is -2.85. The first-order chi connectivity index (χ1) is 8.86. The van der Waals surface area contributed by atoms with Gasteiger partial charge in [0.15, 0.2) is 0 Å². The molecular formula is C15H26NO2+. The first-order valence-corrected chi connectivity index (χ1v) is 7.01. The minimum absolute atomic E-state index is 0.275. The third kappa shape index (κ3) is 6.62. The number of rotatable bonds is 10. The standard InChI is InChI=1S/C15H25NO2/c1-2-14-6-8-15(9-7-14)18-13-5-3-4-10-16-11-12-17/h6-9,16-17H,2-5,10-13H2,1H3/p+1. The fraction of sp³-hybridized carbons (Fsp3) is 0.600. The van der Waals surface area contributed by atoms with Crippen LogP contribution in [0.25, 0.3) is 0 Å². The summed E-state index contributed by atoms with van der Waals surface area (Å²) in [5.74, 6) is 0.971. The van der Waals surface area contributed by atoms with Crippen molar-refractivity contribution in [3.05, 3.63) is 29.8 Å². The summed E-state index contributed by atoms with van der Waals surface area (Å²) in [7, 11) is 0. The molecule has 0 aliphatic heterocycles. The first kappa shape index (κ1) is 15.0. The van der Waals surface area contributed by atoms with E-state index in [1.807, 2.05) is 12.1 Å². The van der Waals surface area contributed by atoms with Gasteiger partial charge in [-0.1, -0.05) is 19.1 Å². The molecule has 3 heteroatoms. The molecule has 0 saturated carbocycles. The quantitative estimate of drug-likeness (QED) is 0.618. The maximum atomic E-state index is 8.62. The number of quaternary nitrogens is 1. The third-order valence-corrected chi connectivity index (χ3v) is 2.99. The zero-order valence-electron chi connectivity index (χ0n) is 11.4. The lowest BCUT2D eigenvalue weighted by molar-refractivity contribution is -0.656. The summed E-state index contributed by atoms with van der Waals surface area (Å²) in [5, 5.41) is 10.8. The molecule has 0 saturated heterocycles. The molecule has 102 valence electrons. The lowest BCUT2D eigenvalue weighted by Gasteiger charge is -2.06. The molecule has 0 aromatic heterocycles. The van der Waals surface area contributed by atoms with Crippen LogP contribution in [0.3, 0.4) is 0 Å². The van der Waals surface area contributed by atoms with Crippen LogP contribution in [-0.4, -0.2) is 31.4 Å². The van der Waals surface area contributed by atoms with Crippen molar-refractivity contribution in [3.63, 3.8) is 0 Å². The van der Waals surface area contributed by atoms with Gasteiger partial charge in [0, 0.05) is 0 Å². The number of aliphatic hydroxyl groups excluding tert-OH is 1. The Bertz CT molecular complexity index is 298. The van der Waals surface area contributed by atoms with Crippen molar-refractivity contribution in [2.75, 3.05) is 26.3 Å². The van der Waals surface area contributed by atoms with Crippen molar-refractivity contribution in [1.29, 1.82) is 0 Å². The van der Waals surface area contributed by atoms with Crippen molar-refractivity contribution in [2.45, 2.75) is 32.6 Å². The van der Waals surface area contributed by atoms with Gasteiger partial charge in [-0.2, -0.15) is 0 Å².